The first-order chi connectivity index (χ1) is 15.2. The number of aromatic nitrogens is 2. The van der Waals surface area contributed by atoms with Crippen LogP contribution in [0.2, 0.25) is 10.0 Å². The molecule has 0 spiro atoms. The molecule has 0 aliphatic rings. The van der Waals surface area contributed by atoms with E-state index in [1.165, 1.54) is 36.5 Å². The first-order valence-corrected chi connectivity index (χ1v) is 9.95. The van der Waals surface area contributed by atoms with Crippen LogP contribution in [0.3, 0.4) is 0 Å². The number of aromatic hydroxyl groups is 1. The number of phenolic OH excluding ortho intramolecular Hbond substituents is 1. The maximum Gasteiger partial charge on any atom is 0.318 e. The SMILES string of the molecule is O=C(N=c1c(Cl)cn(O)cc1Cl)C(=O)c1cn(Cc2ccc(F)cc2)c2cc(O)ccc12. The van der Waals surface area contributed by atoms with Crippen molar-refractivity contribution in [1.29, 1.82) is 0 Å². The zero-order valence-corrected chi connectivity index (χ0v) is 17.7. The Bertz CT molecular complexity index is 1420. The van der Waals surface area contributed by atoms with Crippen LogP contribution in [0.25, 0.3) is 10.9 Å². The highest BCUT2D eigenvalue weighted by atomic mass is 35.5. The number of halogens is 3. The summed E-state index contributed by atoms with van der Waals surface area (Å²) in [4.78, 5) is 29.3. The van der Waals surface area contributed by atoms with E-state index in [0.717, 1.165) is 18.0 Å². The topological polar surface area (TPSA) is 96.8 Å². The van der Waals surface area contributed by atoms with Gasteiger partial charge in [-0.15, -0.1) is 0 Å². The zero-order valence-electron chi connectivity index (χ0n) is 16.2. The highest BCUT2D eigenvalue weighted by Gasteiger charge is 2.22. The lowest BCUT2D eigenvalue weighted by Gasteiger charge is -2.06. The molecule has 0 fully saturated rings. The number of ketones is 1. The highest BCUT2D eigenvalue weighted by molar-refractivity contribution is 6.45. The van der Waals surface area contributed by atoms with Gasteiger partial charge in [0.05, 0.1) is 33.5 Å². The summed E-state index contributed by atoms with van der Waals surface area (Å²) in [6, 6.07) is 10.2. The molecule has 2 heterocycles. The molecular weight excluding hydrogens is 460 g/mol. The second kappa shape index (κ2) is 8.49. The summed E-state index contributed by atoms with van der Waals surface area (Å²) < 4.78 is 15.5. The predicted octanol–water partition coefficient (Wildman–Crippen LogP) is 4.19. The quantitative estimate of drug-likeness (QED) is 0.263. The fraction of sp³-hybridized carbons (Fsp3) is 0.0455. The summed E-state index contributed by atoms with van der Waals surface area (Å²) in [6.45, 7) is 0.270. The number of Topliss-reactive ketones (excluding diaryl/α,β-unsaturated/α-hetero) is 1. The Kier molecular flexibility index (Phi) is 5.73. The van der Waals surface area contributed by atoms with Crippen LogP contribution in [0.1, 0.15) is 15.9 Å². The maximum absolute atomic E-state index is 13.2. The number of fused-ring (bicyclic) bond motifs is 1. The van der Waals surface area contributed by atoms with Crippen molar-refractivity contribution in [2.24, 2.45) is 4.99 Å². The van der Waals surface area contributed by atoms with E-state index in [2.05, 4.69) is 4.99 Å². The van der Waals surface area contributed by atoms with Crippen molar-refractivity contribution in [2.45, 2.75) is 6.54 Å². The predicted molar refractivity (Wildman–Crippen MR) is 116 cm³/mol. The normalized spacial score (nSPS) is 11.0. The van der Waals surface area contributed by atoms with E-state index in [-0.39, 0.29) is 39.1 Å². The average Bonchev–Trinajstić information content (AvgIpc) is 3.09. The molecule has 0 saturated heterocycles. The maximum atomic E-state index is 13.2. The van der Waals surface area contributed by atoms with E-state index in [0.29, 0.717) is 15.6 Å². The molecular formula is C22H14Cl2FN3O4. The summed E-state index contributed by atoms with van der Waals surface area (Å²) in [6.07, 6.45) is 3.61. The molecule has 1 amide bonds. The van der Waals surface area contributed by atoms with Crippen molar-refractivity contribution >= 4 is 45.8 Å². The van der Waals surface area contributed by atoms with E-state index >= 15 is 0 Å². The van der Waals surface area contributed by atoms with Gasteiger partial charge in [-0.1, -0.05) is 35.3 Å². The molecule has 2 N–H and O–H groups in total. The Morgan fingerprint density at radius 1 is 1.00 bits per heavy atom. The van der Waals surface area contributed by atoms with Crippen LogP contribution in [-0.4, -0.2) is 31.3 Å². The summed E-state index contributed by atoms with van der Waals surface area (Å²) in [5.74, 6) is -2.42. The molecule has 2 aromatic carbocycles. The molecule has 0 aliphatic heterocycles. The van der Waals surface area contributed by atoms with Crippen molar-refractivity contribution in [3.63, 3.8) is 0 Å². The number of hydrogen-bond acceptors (Lipinski definition) is 4. The van der Waals surface area contributed by atoms with Crippen LogP contribution in [0.15, 0.2) is 66.0 Å². The Morgan fingerprint density at radius 3 is 2.31 bits per heavy atom. The van der Waals surface area contributed by atoms with Crippen LogP contribution in [0, 0.1) is 5.82 Å². The van der Waals surface area contributed by atoms with Crippen LogP contribution < -0.4 is 5.36 Å². The van der Waals surface area contributed by atoms with Crippen LogP contribution >= 0.6 is 23.2 Å². The van der Waals surface area contributed by atoms with Crippen molar-refractivity contribution in [2.75, 3.05) is 0 Å². The number of hydrogen-bond donors (Lipinski definition) is 2. The Labute approximate surface area is 190 Å². The second-order valence-corrected chi connectivity index (χ2v) is 7.74. The third-order valence-corrected chi connectivity index (χ3v) is 5.28. The fourth-order valence-corrected chi connectivity index (χ4v) is 3.80. The number of rotatable bonds is 4. The molecule has 10 heteroatoms. The first-order valence-electron chi connectivity index (χ1n) is 9.19. The zero-order chi connectivity index (χ0) is 23.0. The van der Waals surface area contributed by atoms with Crippen molar-refractivity contribution in [3.8, 4) is 5.75 Å². The highest BCUT2D eigenvalue weighted by Crippen LogP contribution is 2.27. The number of carbonyl (C=O) groups excluding carboxylic acids is 2. The van der Waals surface area contributed by atoms with E-state index in [4.69, 9.17) is 23.2 Å². The van der Waals surface area contributed by atoms with Crippen molar-refractivity contribution in [1.82, 2.24) is 9.30 Å². The molecule has 0 unspecified atom stereocenters. The minimum absolute atomic E-state index is 0.0221. The molecule has 32 heavy (non-hydrogen) atoms. The first kappa shape index (κ1) is 21.6. The molecule has 2 aromatic heterocycles. The van der Waals surface area contributed by atoms with Gasteiger partial charge in [0.25, 0.3) is 5.78 Å². The van der Waals surface area contributed by atoms with Gasteiger partial charge in [-0.25, -0.2) is 9.38 Å². The molecule has 0 atom stereocenters. The number of amides is 1. The monoisotopic (exact) mass is 473 g/mol. The molecule has 4 aromatic rings. The lowest BCUT2D eigenvalue weighted by molar-refractivity contribution is -0.114. The third kappa shape index (κ3) is 4.23. The minimum Gasteiger partial charge on any atom is -0.508 e. The van der Waals surface area contributed by atoms with Gasteiger partial charge in [0.1, 0.15) is 16.9 Å². The molecule has 0 bridgehead atoms. The third-order valence-electron chi connectivity index (χ3n) is 4.73. The summed E-state index contributed by atoms with van der Waals surface area (Å²) in [5, 5.41) is 19.4. The number of carbonyl (C=O) groups is 2. The molecule has 7 nitrogen and oxygen atoms in total. The van der Waals surface area contributed by atoms with Gasteiger partial charge in [-0.05, 0) is 29.8 Å². The van der Waals surface area contributed by atoms with E-state index < -0.39 is 11.7 Å². The lowest BCUT2D eigenvalue weighted by Crippen LogP contribution is -2.18. The summed E-state index contributed by atoms with van der Waals surface area (Å²) in [7, 11) is 0. The van der Waals surface area contributed by atoms with E-state index in [1.807, 2.05) is 0 Å². The smallest absolute Gasteiger partial charge is 0.318 e. The van der Waals surface area contributed by atoms with E-state index in [1.54, 1.807) is 16.7 Å². The molecule has 4 rings (SSSR count). The lowest BCUT2D eigenvalue weighted by atomic mass is 10.1. The van der Waals surface area contributed by atoms with Crippen LogP contribution in [0.4, 0.5) is 4.39 Å². The molecule has 0 radical (unpaired) electrons. The number of phenols is 1. The fourth-order valence-electron chi connectivity index (χ4n) is 3.26. The largest absolute Gasteiger partial charge is 0.508 e. The van der Waals surface area contributed by atoms with Crippen LogP contribution in [-0.2, 0) is 11.3 Å². The second-order valence-electron chi connectivity index (χ2n) is 6.93. The molecule has 0 saturated carbocycles. The Morgan fingerprint density at radius 2 is 1.66 bits per heavy atom. The van der Waals surface area contributed by atoms with Gasteiger partial charge in [0, 0.05) is 24.2 Å². The standard InChI is InChI=1S/C22H14Cl2FN3O4/c23-17-10-28(32)11-18(24)20(17)26-22(31)21(30)16-9-27(8-12-1-3-13(25)4-2-12)19-7-14(29)5-6-15(16)19/h1-7,9-11,29,32H,8H2. The molecule has 0 aliphatic carbocycles. The Balaban J connectivity index is 1.77. The van der Waals surface area contributed by atoms with Gasteiger partial charge >= 0.3 is 5.91 Å². The summed E-state index contributed by atoms with van der Waals surface area (Å²) in [5.41, 5.74) is 1.32. The number of pyridine rings is 1. The van der Waals surface area contributed by atoms with Crippen molar-refractivity contribution < 1.29 is 24.3 Å². The van der Waals surface area contributed by atoms with Crippen LogP contribution in [0.5, 0.6) is 5.75 Å². The van der Waals surface area contributed by atoms with E-state index in [9.17, 15) is 24.3 Å². The van der Waals surface area contributed by atoms with Gasteiger partial charge < -0.3 is 14.9 Å². The Hall–Kier alpha value is -3.62. The average molecular weight is 474 g/mol. The minimum atomic E-state index is -1.11. The van der Waals surface area contributed by atoms with Gasteiger partial charge in [-0.3, -0.25) is 9.59 Å². The number of nitrogens with zero attached hydrogens (tertiary/aromatic N) is 3. The van der Waals surface area contributed by atoms with Gasteiger partial charge in [-0.2, -0.15) is 4.73 Å². The molecule has 162 valence electrons. The summed E-state index contributed by atoms with van der Waals surface area (Å²) >= 11 is 11.9. The van der Waals surface area contributed by atoms with Gasteiger partial charge in [0.2, 0.25) is 0 Å². The number of benzene rings is 2. The van der Waals surface area contributed by atoms with Gasteiger partial charge in [0.15, 0.2) is 0 Å². The van der Waals surface area contributed by atoms with Crippen molar-refractivity contribution in [3.05, 3.63) is 93.4 Å².